The summed E-state index contributed by atoms with van der Waals surface area (Å²) in [5.41, 5.74) is 2.22. The zero-order chi connectivity index (χ0) is 25.6. The van der Waals surface area contributed by atoms with Crippen LogP contribution in [0, 0.1) is 0 Å². The van der Waals surface area contributed by atoms with Crippen molar-refractivity contribution in [1.82, 2.24) is 40.8 Å². The van der Waals surface area contributed by atoms with Gasteiger partial charge in [0.25, 0.3) is 0 Å². The summed E-state index contributed by atoms with van der Waals surface area (Å²) < 4.78 is 1.47. The molecule has 186 valence electrons. The summed E-state index contributed by atoms with van der Waals surface area (Å²) in [5.74, 6) is -0.700. The monoisotopic (exact) mass is 514 g/mol. The van der Waals surface area contributed by atoms with Crippen LogP contribution in [0.15, 0.2) is 67.3 Å². The van der Waals surface area contributed by atoms with Crippen LogP contribution in [0.2, 0.25) is 5.02 Å². The smallest absolute Gasteiger partial charge is 0.244 e. The van der Waals surface area contributed by atoms with Crippen molar-refractivity contribution in [3.8, 4) is 5.69 Å². The second-order valence-electron chi connectivity index (χ2n) is 8.46. The predicted molar refractivity (Wildman–Crippen MR) is 139 cm³/mol. The molecule has 0 bridgehead atoms. The van der Waals surface area contributed by atoms with Gasteiger partial charge in [0.15, 0.2) is 0 Å². The highest BCUT2D eigenvalue weighted by atomic mass is 35.5. The summed E-state index contributed by atoms with van der Waals surface area (Å²) in [5, 5.41) is 19.3. The van der Waals surface area contributed by atoms with Crippen LogP contribution in [0.25, 0.3) is 23.9 Å². The maximum absolute atomic E-state index is 13.3. The number of aromatic amines is 1. The standard InChI is InChI=1S/C26H23ClN8O2/c27-19-7-10-24(35-16-30-33-34-35)18(13-19)6-11-25(36)32-23(12-17-4-2-1-3-5-17)26(37)31-20-8-9-21-22(14-20)29-15-28-21/h1-7,9-11,13-16,20,23H,8,12H2,(H,28,29)(H,31,37)(H,32,36)/b11-6+/t20?,23-/m0/s1. The van der Waals surface area contributed by atoms with Gasteiger partial charge in [-0.3, -0.25) is 9.59 Å². The molecule has 2 amide bonds. The molecule has 1 aliphatic carbocycles. The van der Waals surface area contributed by atoms with E-state index in [0.717, 1.165) is 16.3 Å². The molecule has 37 heavy (non-hydrogen) atoms. The molecule has 0 aliphatic heterocycles. The van der Waals surface area contributed by atoms with Crippen LogP contribution in [0.3, 0.4) is 0 Å². The molecule has 5 rings (SSSR count). The zero-order valence-electron chi connectivity index (χ0n) is 19.6. The van der Waals surface area contributed by atoms with Crippen LogP contribution in [0.5, 0.6) is 0 Å². The van der Waals surface area contributed by atoms with Gasteiger partial charge in [0.05, 0.1) is 28.8 Å². The Labute approximate surface area is 216 Å². The van der Waals surface area contributed by atoms with Crippen molar-refractivity contribution in [2.24, 2.45) is 0 Å². The zero-order valence-corrected chi connectivity index (χ0v) is 20.3. The highest BCUT2D eigenvalue weighted by molar-refractivity contribution is 6.30. The minimum absolute atomic E-state index is 0.212. The molecule has 2 aromatic carbocycles. The van der Waals surface area contributed by atoms with Crippen molar-refractivity contribution in [1.29, 1.82) is 0 Å². The number of fused-ring (bicyclic) bond motifs is 1. The Morgan fingerprint density at radius 2 is 2.08 bits per heavy atom. The minimum Gasteiger partial charge on any atom is -0.348 e. The first-order chi connectivity index (χ1) is 18.0. The molecule has 10 nitrogen and oxygen atoms in total. The summed E-state index contributed by atoms with van der Waals surface area (Å²) in [6.45, 7) is 0. The molecular weight excluding hydrogens is 492 g/mol. The SMILES string of the molecule is O=C(/C=C/c1cc(Cl)ccc1-n1cnnn1)N[C@@H](Cc1ccccc1)C(=O)NC1C=c2[nH]cnc2=CC1. The van der Waals surface area contributed by atoms with Crippen LogP contribution >= 0.6 is 11.6 Å². The molecule has 0 radical (unpaired) electrons. The van der Waals surface area contributed by atoms with Crippen molar-refractivity contribution in [3.05, 3.63) is 94.1 Å². The Kier molecular flexibility index (Phi) is 7.18. The summed E-state index contributed by atoms with van der Waals surface area (Å²) in [6.07, 6.45) is 10.9. The van der Waals surface area contributed by atoms with Crippen molar-refractivity contribution in [3.63, 3.8) is 0 Å². The number of hydrogen-bond acceptors (Lipinski definition) is 6. The third-order valence-corrected chi connectivity index (χ3v) is 6.11. The summed E-state index contributed by atoms with van der Waals surface area (Å²) >= 11 is 6.17. The summed E-state index contributed by atoms with van der Waals surface area (Å²) in [6, 6.07) is 13.7. The number of carbonyl (C=O) groups excluding carboxylic acids is 2. The van der Waals surface area contributed by atoms with Crippen LogP contribution in [0.4, 0.5) is 0 Å². The van der Waals surface area contributed by atoms with Gasteiger partial charge in [-0.1, -0.05) is 48.0 Å². The van der Waals surface area contributed by atoms with Gasteiger partial charge < -0.3 is 15.6 Å². The highest BCUT2D eigenvalue weighted by Crippen LogP contribution is 2.20. The molecule has 11 heteroatoms. The maximum Gasteiger partial charge on any atom is 0.244 e. The first kappa shape index (κ1) is 24.1. The number of H-pyrrole nitrogens is 1. The van der Waals surface area contributed by atoms with E-state index < -0.39 is 11.9 Å². The first-order valence-electron chi connectivity index (χ1n) is 11.6. The van der Waals surface area contributed by atoms with Gasteiger partial charge in [-0.25, -0.2) is 4.98 Å². The first-order valence-corrected chi connectivity index (χ1v) is 12.0. The van der Waals surface area contributed by atoms with Crippen LogP contribution in [0.1, 0.15) is 17.5 Å². The molecule has 1 aliphatic rings. The number of nitrogens with one attached hydrogen (secondary N) is 3. The lowest BCUT2D eigenvalue weighted by atomic mass is 10.0. The number of amides is 2. The van der Waals surface area contributed by atoms with Crippen LogP contribution in [-0.2, 0) is 16.0 Å². The normalized spacial score (nSPS) is 15.3. The maximum atomic E-state index is 13.3. The lowest BCUT2D eigenvalue weighted by Gasteiger charge is -2.21. The van der Waals surface area contributed by atoms with E-state index in [9.17, 15) is 9.59 Å². The number of carbonyl (C=O) groups is 2. The molecule has 1 unspecified atom stereocenters. The summed E-state index contributed by atoms with van der Waals surface area (Å²) in [7, 11) is 0. The Bertz CT molecular complexity index is 1550. The fraction of sp³-hybridized carbons (Fsp3) is 0.154. The fourth-order valence-corrected chi connectivity index (χ4v) is 4.27. The van der Waals surface area contributed by atoms with Gasteiger partial charge in [-0.15, -0.1) is 5.10 Å². The molecule has 2 aromatic heterocycles. The van der Waals surface area contributed by atoms with E-state index in [1.54, 1.807) is 30.6 Å². The van der Waals surface area contributed by atoms with Gasteiger partial charge in [0, 0.05) is 23.1 Å². The van der Waals surface area contributed by atoms with Gasteiger partial charge in [-0.05, 0) is 52.8 Å². The lowest BCUT2D eigenvalue weighted by molar-refractivity contribution is -0.127. The highest BCUT2D eigenvalue weighted by Gasteiger charge is 2.23. The number of imidazole rings is 1. The molecule has 3 N–H and O–H groups in total. The van der Waals surface area contributed by atoms with E-state index in [1.807, 2.05) is 42.5 Å². The van der Waals surface area contributed by atoms with Crippen LogP contribution in [-0.4, -0.2) is 54.1 Å². The Morgan fingerprint density at radius 3 is 2.89 bits per heavy atom. The quantitative estimate of drug-likeness (QED) is 0.300. The number of nitrogens with zero attached hydrogens (tertiary/aromatic N) is 5. The minimum atomic E-state index is -0.783. The van der Waals surface area contributed by atoms with E-state index in [-0.39, 0.29) is 11.9 Å². The van der Waals surface area contributed by atoms with Crippen molar-refractivity contribution in [2.75, 3.05) is 0 Å². The molecule has 4 aromatic rings. The number of tetrazole rings is 1. The van der Waals surface area contributed by atoms with Crippen molar-refractivity contribution >= 4 is 41.6 Å². The Hall–Kier alpha value is -4.57. The molecule has 0 fully saturated rings. The lowest BCUT2D eigenvalue weighted by Crippen LogP contribution is -2.51. The Balaban J connectivity index is 1.33. The average Bonchev–Trinajstić information content (AvgIpc) is 3.60. The number of hydrogen-bond donors (Lipinski definition) is 3. The van der Waals surface area contributed by atoms with Gasteiger partial charge in [0.1, 0.15) is 12.4 Å². The van der Waals surface area contributed by atoms with Gasteiger partial charge in [-0.2, -0.15) is 4.68 Å². The average molecular weight is 515 g/mol. The number of benzene rings is 2. The molecule has 0 saturated carbocycles. The molecular formula is C26H23ClN8O2. The Morgan fingerprint density at radius 1 is 1.22 bits per heavy atom. The van der Waals surface area contributed by atoms with E-state index in [2.05, 4.69) is 36.1 Å². The van der Waals surface area contributed by atoms with E-state index in [0.29, 0.717) is 29.1 Å². The third kappa shape index (κ3) is 5.99. The predicted octanol–water partition coefficient (Wildman–Crippen LogP) is 0.929. The van der Waals surface area contributed by atoms with Crippen molar-refractivity contribution in [2.45, 2.75) is 24.9 Å². The molecule has 2 atom stereocenters. The largest absolute Gasteiger partial charge is 0.348 e. The summed E-state index contributed by atoms with van der Waals surface area (Å²) in [4.78, 5) is 33.5. The van der Waals surface area contributed by atoms with Gasteiger partial charge in [0.2, 0.25) is 11.8 Å². The van der Waals surface area contributed by atoms with Crippen molar-refractivity contribution < 1.29 is 9.59 Å². The molecule has 2 heterocycles. The second-order valence-corrected chi connectivity index (χ2v) is 8.90. The number of halogens is 1. The topological polar surface area (TPSA) is 130 Å². The number of rotatable bonds is 8. The third-order valence-electron chi connectivity index (χ3n) is 5.88. The van der Waals surface area contributed by atoms with E-state index >= 15 is 0 Å². The van der Waals surface area contributed by atoms with E-state index in [1.165, 1.54) is 17.1 Å². The second kappa shape index (κ2) is 11.0. The number of aromatic nitrogens is 6. The molecule has 0 saturated heterocycles. The van der Waals surface area contributed by atoms with E-state index in [4.69, 9.17) is 11.6 Å². The van der Waals surface area contributed by atoms with Crippen LogP contribution < -0.4 is 21.3 Å². The fourth-order valence-electron chi connectivity index (χ4n) is 4.09. The molecule has 0 spiro atoms. The van der Waals surface area contributed by atoms with Gasteiger partial charge >= 0.3 is 0 Å².